The largest absolute Gasteiger partial charge is 0.494 e. The first-order chi connectivity index (χ1) is 11.7. The Kier molecular flexibility index (Phi) is 6.69. The summed E-state index contributed by atoms with van der Waals surface area (Å²) in [5.74, 6) is 0.942. The number of sulfone groups is 1. The Morgan fingerprint density at radius 3 is 2.32 bits per heavy atom. The number of halogens is 1. The molecule has 0 saturated carbocycles. The maximum Gasteiger partial charge on any atom is 0.147 e. The fourth-order valence-electron chi connectivity index (χ4n) is 2.92. The van der Waals surface area contributed by atoms with Crippen molar-refractivity contribution in [3.8, 4) is 16.9 Å². The molecule has 0 bridgehead atoms. The summed E-state index contributed by atoms with van der Waals surface area (Å²) < 4.78 is 28.1. The van der Waals surface area contributed by atoms with Crippen molar-refractivity contribution >= 4 is 25.8 Å². The van der Waals surface area contributed by atoms with Crippen LogP contribution in [0.25, 0.3) is 11.1 Å². The van der Waals surface area contributed by atoms with E-state index >= 15 is 0 Å². The number of alkyl halides is 1. The molecular weight excluding hydrogens is 400 g/mol. The molecule has 25 heavy (non-hydrogen) atoms. The van der Waals surface area contributed by atoms with Gasteiger partial charge in [-0.3, -0.25) is 0 Å². The predicted octanol–water partition coefficient (Wildman–Crippen LogP) is 5.24. The van der Waals surface area contributed by atoms with Crippen LogP contribution in [0, 0.1) is 13.8 Å². The van der Waals surface area contributed by atoms with E-state index in [4.69, 9.17) is 4.74 Å². The molecule has 0 aromatic heterocycles. The summed E-state index contributed by atoms with van der Waals surface area (Å²) in [6, 6.07) is 12.6. The highest BCUT2D eigenvalue weighted by Gasteiger charge is 2.11. The van der Waals surface area contributed by atoms with E-state index < -0.39 is 9.84 Å². The Hall–Kier alpha value is -1.33. The van der Waals surface area contributed by atoms with E-state index in [1.165, 1.54) is 22.9 Å². The smallest absolute Gasteiger partial charge is 0.147 e. The number of rotatable bonds is 7. The molecule has 1 unspecified atom stereocenters. The van der Waals surface area contributed by atoms with Crippen molar-refractivity contribution in [2.75, 3.05) is 18.6 Å². The lowest BCUT2D eigenvalue weighted by atomic mass is 9.94. The van der Waals surface area contributed by atoms with Gasteiger partial charge < -0.3 is 4.74 Å². The molecule has 0 N–H and O–H groups in total. The van der Waals surface area contributed by atoms with Crippen LogP contribution >= 0.6 is 15.9 Å². The van der Waals surface area contributed by atoms with E-state index in [0.29, 0.717) is 17.9 Å². The summed E-state index contributed by atoms with van der Waals surface area (Å²) in [6.45, 7) is 6.68. The zero-order valence-corrected chi connectivity index (χ0v) is 17.6. The van der Waals surface area contributed by atoms with Crippen molar-refractivity contribution in [1.82, 2.24) is 0 Å². The molecule has 0 aliphatic rings. The Morgan fingerprint density at radius 1 is 1.12 bits per heavy atom. The molecule has 2 aromatic carbocycles. The lowest BCUT2D eigenvalue weighted by molar-refractivity contribution is 0.317. The van der Waals surface area contributed by atoms with Gasteiger partial charge in [0.1, 0.15) is 15.6 Å². The minimum Gasteiger partial charge on any atom is -0.494 e. The molecular formula is C20H25BrO3S. The first-order valence-electron chi connectivity index (χ1n) is 8.33. The van der Waals surface area contributed by atoms with E-state index in [1.807, 2.05) is 12.1 Å². The van der Waals surface area contributed by atoms with Crippen LogP contribution in [-0.4, -0.2) is 27.0 Å². The van der Waals surface area contributed by atoms with Gasteiger partial charge in [-0.15, -0.1) is 0 Å². The maximum atomic E-state index is 11.2. The molecule has 0 saturated heterocycles. The molecule has 136 valence electrons. The second-order valence-corrected chi connectivity index (χ2v) is 10.1. The highest BCUT2D eigenvalue weighted by atomic mass is 79.9. The van der Waals surface area contributed by atoms with Crippen LogP contribution < -0.4 is 4.74 Å². The molecule has 0 amide bonds. The highest BCUT2D eigenvalue weighted by Crippen LogP contribution is 2.33. The summed E-state index contributed by atoms with van der Waals surface area (Å²) in [5, 5.41) is 0. The van der Waals surface area contributed by atoms with Crippen LogP contribution in [0.5, 0.6) is 5.75 Å². The van der Waals surface area contributed by atoms with Gasteiger partial charge in [0.2, 0.25) is 0 Å². The normalized spacial score (nSPS) is 12.8. The van der Waals surface area contributed by atoms with Crippen LogP contribution in [0.15, 0.2) is 36.4 Å². The fraction of sp³-hybridized carbons (Fsp3) is 0.400. The summed E-state index contributed by atoms with van der Waals surface area (Å²) >= 11 is 3.62. The minimum absolute atomic E-state index is 0.153. The molecule has 0 radical (unpaired) electrons. The average Bonchev–Trinajstić information content (AvgIpc) is 2.50. The van der Waals surface area contributed by atoms with Crippen molar-refractivity contribution < 1.29 is 13.2 Å². The number of benzene rings is 2. The Labute approximate surface area is 159 Å². The predicted molar refractivity (Wildman–Crippen MR) is 109 cm³/mol. The summed E-state index contributed by atoms with van der Waals surface area (Å²) in [6.07, 6.45) is 1.75. The number of hydrogen-bond acceptors (Lipinski definition) is 3. The minimum atomic E-state index is -2.93. The van der Waals surface area contributed by atoms with Gasteiger partial charge >= 0.3 is 0 Å². The van der Waals surface area contributed by atoms with Gasteiger partial charge in [0.15, 0.2) is 0 Å². The molecule has 2 aromatic rings. The topological polar surface area (TPSA) is 43.4 Å². The molecule has 0 fully saturated rings. The van der Waals surface area contributed by atoms with Gasteiger partial charge in [-0.05, 0) is 67.1 Å². The van der Waals surface area contributed by atoms with Crippen molar-refractivity contribution in [1.29, 1.82) is 0 Å². The van der Waals surface area contributed by atoms with E-state index in [9.17, 15) is 8.42 Å². The van der Waals surface area contributed by atoms with Crippen molar-refractivity contribution in [3.63, 3.8) is 0 Å². The summed E-state index contributed by atoms with van der Waals surface area (Å²) in [5.41, 5.74) is 5.97. The molecule has 0 aliphatic heterocycles. The second kappa shape index (κ2) is 8.37. The van der Waals surface area contributed by atoms with E-state index in [1.54, 1.807) is 0 Å². The van der Waals surface area contributed by atoms with E-state index in [2.05, 4.69) is 61.0 Å². The number of ether oxygens (including phenoxy) is 1. The third kappa shape index (κ3) is 5.86. The fourth-order valence-corrected chi connectivity index (χ4v) is 3.84. The van der Waals surface area contributed by atoms with Crippen LogP contribution in [0.1, 0.15) is 34.9 Å². The first kappa shape index (κ1) is 20.0. The van der Waals surface area contributed by atoms with Crippen LogP contribution in [0.3, 0.4) is 0 Å². The zero-order chi connectivity index (χ0) is 18.6. The van der Waals surface area contributed by atoms with Crippen molar-refractivity contribution in [2.45, 2.75) is 32.0 Å². The van der Waals surface area contributed by atoms with Gasteiger partial charge in [0.25, 0.3) is 0 Å². The SMILES string of the molecule is Cc1cc(OCCCS(C)(=O)=O)cc(C)c1-c1cccc(C(C)Br)c1. The maximum absolute atomic E-state index is 11.2. The quantitative estimate of drug-likeness (QED) is 0.450. The monoisotopic (exact) mass is 424 g/mol. The van der Waals surface area contributed by atoms with Crippen LogP contribution in [-0.2, 0) is 9.84 Å². The Bertz CT molecular complexity index is 819. The lowest BCUT2D eigenvalue weighted by Gasteiger charge is -2.15. The van der Waals surface area contributed by atoms with Gasteiger partial charge in [-0.25, -0.2) is 8.42 Å². The average molecular weight is 425 g/mol. The molecule has 0 heterocycles. The third-order valence-electron chi connectivity index (χ3n) is 4.07. The van der Waals surface area contributed by atoms with Gasteiger partial charge in [0.05, 0.1) is 12.4 Å². The van der Waals surface area contributed by atoms with Gasteiger partial charge in [-0.2, -0.15) is 0 Å². The first-order valence-corrected chi connectivity index (χ1v) is 11.3. The highest BCUT2D eigenvalue weighted by molar-refractivity contribution is 9.09. The Morgan fingerprint density at radius 2 is 1.76 bits per heavy atom. The molecule has 3 nitrogen and oxygen atoms in total. The Balaban J connectivity index is 2.19. The van der Waals surface area contributed by atoms with Crippen LogP contribution in [0.2, 0.25) is 0 Å². The molecule has 1 atom stereocenters. The molecule has 2 rings (SSSR count). The summed E-state index contributed by atoms with van der Waals surface area (Å²) in [7, 11) is -2.93. The van der Waals surface area contributed by atoms with Gasteiger partial charge in [-0.1, -0.05) is 40.2 Å². The van der Waals surface area contributed by atoms with Crippen LogP contribution in [0.4, 0.5) is 0 Å². The van der Waals surface area contributed by atoms with Crippen molar-refractivity contribution in [2.24, 2.45) is 0 Å². The summed E-state index contributed by atoms with van der Waals surface area (Å²) in [4.78, 5) is 0.311. The lowest BCUT2D eigenvalue weighted by Crippen LogP contribution is -2.08. The van der Waals surface area contributed by atoms with E-state index in [0.717, 1.165) is 16.9 Å². The van der Waals surface area contributed by atoms with Crippen molar-refractivity contribution in [3.05, 3.63) is 53.1 Å². The third-order valence-corrected chi connectivity index (χ3v) is 5.63. The molecule has 0 spiro atoms. The molecule has 5 heteroatoms. The van der Waals surface area contributed by atoms with E-state index in [-0.39, 0.29) is 5.75 Å². The second-order valence-electron chi connectivity index (χ2n) is 6.51. The molecule has 0 aliphatic carbocycles. The number of hydrogen-bond donors (Lipinski definition) is 0. The zero-order valence-electron chi connectivity index (χ0n) is 15.2. The van der Waals surface area contributed by atoms with Gasteiger partial charge in [0, 0.05) is 11.1 Å². The number of aryl methyl sites for hydroxylation is 2. The standard InChI is InChI=1S/C20H25BrO3S/c1-14-11-19(24-9-6-10-25(4,22)23)12-15(2)20(14)18-8-5-7-17(13-18)16(3)21/h5,7-8,11-13,16H,6,9-10H2,1-4H3.